The maximum atomic E-state index is 13.3. The van der Waals surface area contributed by atoms with Gasteiger partial charge in [0.1, 0.15) is 27.8 Å². The molecule has 3 heterocycles. The van der Waals surface area contributed by atoms with E-state index < -0.39 is 17.6 Å². The number of anilines is 1. The third-order valence-electron chi connectivity index (χ3n) is 6.18. The molecular weight excluding hydrogens is 527 g/mol. The number of halogens is 3. The van der Waals surface area contributed by atoms with Gasteiger partial charge in [0, 0.05) is 32.8 Å². The first-order chi connectivity index (χ1) is 18.6. The Bertz CT molecular complexity index is 1660. The van der Waals surface area contributed by atoms with E-state index in [4.69, 9.17) is 10.5 Å². The standard InChI is InChI=1S/C28H24F3N5O2S/c1-35(2)24-14-19(9-11-33-24)18-7-8-22-21(13-18)34-16-36(22)25-15-23(26(39-25)27(32)37)38-12-10-17-5-3-4-6-20(17)28(29,30)31/h3-9,11,13-16H,10,12H2,1-2H3,(H2,32,37). The van der Waals surface area contributed by atoms with Crippen molar-refractivity contribution in [3.8, 4) is 21.9 Å². The molecule has 0 saturated heterocycles. The molecule has 5 aromatic rings. The highest BCUT2D eigenvalue weighted by Gasteiger charge is 2.32. The molecule has 0 bridgehead atoms. The van der Waals surface area contributed by atoms with Crippen LogP contribution in [-0.4, -0.2) is 41.1 Å². The summed E-state index contributed by atoms with van der Waals surface area (Å²) in [6, 6.07) is 16.8. The number of primary amides is 1. The van der Waals surface area contributed by atoms with Crippen LogP contribution in [0.4, 0.5) is 19.0 Å². The second-order valence-corrected chi connectivity index (χ2v) is 10.0. The minimum atomic E-state index is -4.46. The lowest BCUT2D eigenvalue weighted by Crippen LogP contribution is -2.13. The Hall–Kier alpha value is -4.38. The summed E-state index contributed by atoms with van der Waals surface area (Å²) in [4.78, 5) is 23.1. The molecule has 0 atom stereocenters. The van der Waals surface area contributed by atoms with Crippen molar-refractivity contribution in [2.45, 2.75) is 12.6 Å². The number of rotatable bonds is 8. The van der Waals surface area contributed by atoms with Crippen molar-refractivity contribution in [2.24, 2.45) is 5.73 Å². The fraction of sp³-hybridized carbons (Fsp3) is 0.179. The molecule has 2 aromatic carbocycles. The van der Waals surface area contributed by atoms with Crippen molar-refractivity contribution in [3.05, 3.63) is 89.2 Å². The quantitative estimate of drug-likeness (QED) is 0.257. The van der Waals surface area contributed by atoms with Crippen LogP contribution < -0.4 is 15.4 Å². The Labute approximate surface area is 226 Å². The third kappa shape index (κ3) is 5.44. The zero-order chi connectivity index (χ0) is 27.7. The molecule has 5 rings (SSSR count). The number of thiophene rings is 1. The summed E-state index contributed by atoms with van der Waals surface area (Å²) in [6.07, 6.45) is -1.04. The van der Waals surface area contributed by atoms with Crippen LogP contribution in [0.25, 0.3) is 27.2 Å². The number of carbonyl (C=O) groups excluding carboxylic acids is 1. The van der Waals surface area contributed by atoms with Gasteiger partial charge >= 0.3 is 6.18 Å². The van der Waals surface area contributed by atoms with Gasteiger partial charge in [-0.1, -0.05) is 24.3 Å². The fourth-order valence-corrected chi connectivity index (χ4v) is 5.19. The number of benzene rings is 2. The largest absolute Gasteiger partial charge is 0.491 e. The smallest absolute Gasteiger partial charge is 0.416 e. The molecule has 0 fully saturated rings. The summed E-state index contributed by atoms with van der Waals surface area (Å²) in [5, 5.41) is 0.642. The van der Waals surface area contributed by atoms with Crippen LogP contribution in [0.3, 0.4) is 0 Å². The highest BCUT2D eigenvalue weighted by Crippen LogP contribution is 2.35. The SMILES string of the molecule is CN(C)c1cc(-c2ccc3c(c2)ncn3-c2cc(OCCc3ccccc3C(F)(F)F)c(C(N)=O)s2)ccn1. The molecule has 3 aromatic heterocycles. The van der Waals surface area contributed by atoms with Gasteiger partial charge in [0.15, 0.2) is 0 Å². The summed E-state index contributed by atoms with van der Waals surface area (Å²) >= 11 is 1.13. The molecule has 0 unspecified atom stereocenters. The second-order valence-electron chi connectivity index (χ2n) is 9.01. The van der Waals surface area contributed by atoms with Gasteiger partial charge in [-0.05, 0) is 47.0 Å². The highest BCUT2D eigenvalue weighted by molar-refractivity contribution is 7.16. The van der Waals surface area contributed by atoms with E-state index in [1.165, 1.54) is 12.1 Å². The lowest BCUT2D eigenvalue weighted by atomic mass is 10.0. The van der Waals surface area contributed by atoms with Crippen LogP contribution >= 0.6 is 11.3 Å². The molecule has 0 aliphatic heterocycles. The molecule has 0 radical (unpaired) electrons. The highest BCUT2D eigenvalue weighted by atomic mass is 32.1. The molecule has 0 aliphatic rings. The molecule has 7 nitrogen and oxygen atoms in total. The van der Waals surface area contributed by atoms with E-state index in [0.29, 0.717) is 5.00 Å². The maximum Gasteiger partial charge on any atom is 0.416 e. The first-order valence-electron chi connectivity index (χ1n) is 11.9. The van der Waals surface area contributed by atoms with Gasteiger partial charge in [0.25, 0.3) is 5.91 Å². The van der Waals surface area contributed by atoms with Crippen molar-refractivity contribution in [1.82, 2.24) is 14.5 Å². The number of fused-ring (bicyclic) bond motifs is 1. The first-order valence-corrected chi connectivity index (χ1v) is 12.8. The van der Waals surface area contributed by atoms with Crippen LogP contribution in [-0.2, 0) is 12.6 Å². The molecule has 39 heavy (non-hydrogen) atoms. The number of ether oxygens (including phenoxy) is 1. The average molecular weight is 552 g/mol. The predicted molar refractivity (Wildman–Crippen MR) is 146 cm³/mol. The van der Waals surface area contributed by atoms with E-state index in [1.807, 2.05) is 53.9 Å². The van der Waals surface area contributed by atoms with Crippen LogP contribution in [0.5, 0.6) is 5.75 Å². The number of pyridine rings is 1. The van der Waals surface area contributed by atoms with E-state index in [1.54, 1.807) is 24.7 Å². The predicted octanol–water partition coefficient (Wildman–Crippen LogP) is 5.95. The Morgan fingerprint density at radius 3 is 2.56 bits per heavy atom. The van der Waals surface area contributed by atoms with Gasteiger partial charge < -0.3 is 15.4 Å². The van der Waals surface area contributed by atoms with Gasteiger partial charge in [-0.2, -0.15) is 13.2 Å². The number of carbonyl (C=O) groups is 1. The maximum absolute atomic E-state index is 13.3. The number of hydrogen-bond acceptors (Lipinski definition) is 6. The number of nitrogens with zero attached hydrogens (tertiary/aromatic N) is 4. The van der Waals surface area contributed by atoms with Gasteiger partial charge in [-0.3, -0.25) is 9.36 Å². The van der Waals surface area contributed by atoms with Gasteiger partial charge in [0.2, 0.25) is 0 Å². The minimum Gasteiger partial charge on any atom is -0.491 e. The van der Waals surface area contributed by atoms with E-state index in [-0.39, 0.29) is 29.2 Å². The van der Waals surface area contributed by atoms with Gasteiger partial charge in [0.05, 0.1) is 23.2 Å². The number of hydrogen-bond donors (Lipinski definition) is 1. The summed E-state index contributed by atoms with van der Waals surface area (Å²) in [6.45, 7) is -0.0571. The van der Waals surface area contributed by atoms with E-state index in [2.05, 4.69) is 9.97 Å². The van der Waals surface area contributed by atoms with Crippen LogP contribution in [0.2, 0.25) is 0 Å². The normalized spacial score (nSPS) is 11.6. The number of amides is 1. The Kier molecular flexibility index (Phi) is 7.00. The van der Waals surface area contributed by atoms with E-state index in [9.17, 15) is 18.0 Å². The van der Waals surface area contributed by atoms with Crippen molar-refractivity contribution in [1.29, 1.82) is 0 Å². The van der Waals surface area contributed by atoms with Crippen molar-refractivity contribution >= 4 is 34.1 Å². The molecular formula is C28H24F3N5O2S. The van der Waals surface area contributed by atoms with Gasteiger partial charge in [-0.15, -0.1) is 11.3 Å². The Balaban J connectivity index is 1.40. The molecule has 0 aliphatic carbocycles. The first kappa shape index (κ1) is 26.2. The minimum absolute atomic E-state index is 0.0143. The molecule has 0 spiro atoms. The van der Waals surface area contributed by atoms with Crippen LogP contribution in [0.1, 0.15) is 20.8 Å². The monoisotopic (exact) mass is 551 g/mol. The summed E-state index contributed by atoms with van der Waals surface area (Å²) in [7, 11) is 3.86. The van der Waals surface area contributed by atoms with Crippen molar-refractivity contribution in [2.75, 3.05) is 25.6 Å². The number of nitrogens with two attached hydrogens (primary N) is 1. The average Bonchev–Trinajstić information content (AvgIpc) is 3.52. The van der Waals surface area contributed by atoms with Crippen LogP contribution in [0.15, 0.2) is 73.2 Å². The second kappa shape index (κ2) is 10.4. The summed E-state index contributed by atoms with van der Waals surface area (Å²) in [5.74, 6) is 0.376. The zero-order valence-corrected chi connectivity index (χ0v) is 21.9. The Morgan fingerprint density at radius 2 is 1.82 bits per heavy atom. The van der Waals surface area contributed by atoms with Gasteiger partial charge in [-0.25, -0.2) is 9.97 Å². The topological polar surface area (TPSA) is 86.3 Å². The zero-order valence-electron chi connectivity index (χ0n) is 21.1. The van der Waals surface area contributed by atoms with E-state index in [0.717, 1.165) is 45.4 Å². The van der Waals surface area contributed by atoms with E-state index >= 15 is 0 Å². The summed E-state index contributed by atoms with van der Waals surface area (Å²) in [5.41, 5.74) is 8.53. The summed E-state index contributed by atoms with van der Waals surface area (Å²) < 4.78 is 47.5. The lowest BCUT2D eigenvalue weighted by molar-refractivity contribution is -0.138. The number of imidazole rings is 1. The molecule has 2 N–H and O–H groups in total. The number of alkyl halides is 3. The van der Waals surface area contributed by atoms with Crippen molar-refractivity contribution < 1.29 is 22.7 Å². The molecule has 0 saturated carbocycles. The fourth-order valence-electron chi connectivity index (χ4n) is 4.26. The molecule has 11 heteroatoms. The Morgan fingerprint density at radius 1 is 1.05 bits per heavy atom. The number of aromatic nitrogens is 3. The third-order valence-corrected chi connectivity index (χ3v) is 7.31. The molecule has 1 amide bonds. The molecule has 200 valence electrons. The van der Waals surface area contributed by atoms with Crippen LogP contribution in [0, 0.1) is 0 Å². The van der Waals surface area contributed by atoms with Crippen molar-refractivity contribution in [3.63, 3.8) is 0 Å². The lowest BCUT2D eigenvalue weighted by Gasteiger charge is -2.13.